The summed E-state index contributed by atoms with van der Waals surface area (Å²) < 4.78 is 32.1. The second-order valence-electron chi connectivity index (χ2n) is 7.92. The van der Waals surface area contributed by atoms with Gasteiger partial charge in [0.05, 0.1) is 18.7 Å². The maximum atomic E-state index is 12.5. The summed E-state index contributed by atoms with van der Waals surface area (Å²) >= 11 is 0. The molecular weight excluding hydrogens is 356 g/mol. The average Bonchev–Trinajstić information content (AvgIpc) is 2.75. The van der Waals surface area contributed by atoms with Gasteiger partial charge in [0.25, 0.3) is 0 Å². The van der Waals surface area contributed by atoms with Gasteiger partial charge < -0.3 is 4.74 Å². The highest BCUT2D eigenvalue weighted by atomic mass is 32.2. The van der Waals surface area contributed by atoms with Crippen molar-refractivity contribution in [1.29, 1.82) is 0 Å². The van der Waals surface area contributed by atoms with Gasteiger partial charge in [-0.25, -0.2) is 9.52 Å². The lowest BCUT2D eigenvalue weighted by Crippen LogP contribution is -2.30. The Morgan fingerprint density at radius 3 is 2.54 bits per heavy atom. The molecule has 0 radical (unpaired) electrons. The Bertz CT molecular complexity index is 783. The molecule has 7 nitrogen and oxygen atoms in total. The summed E-state index contributed by atoms with van der Waals surface area (Å²) in [5.74, 6) is -0.856. The minimum Gasteiger partial charge on any atom is -0.462 e. The van der Waals surface area contributed by atoms with E-state index < -0.39 is 22.1 Å². The molecule has 26 heavy (non-hydrogen) atoms. The van der Waals surface area contributed by atoms with Gasteiger partial charge in [-0.05, 0) is 29.4 Å². The van der Waals surface area contributed by atoms with Crippen LogP contribution in [-0.4, -0.2) is 37.8 Å². The van der Waals surface area contributed by atoms with Gasteiger partial charge in [0.1, 0.15) is 0 Å². The average molecular weight is 382 g/mol. The molecule has 1 amide bonds. The summed E-state index contributed by atoms with van der Waals surface area (Å²) in [6, 6.07) is 6.67. The number of carbonyl (C=O) groups is 2. The first-order valence-electron chi connectivity index (χ1n) is 8.54. The Balaban J connectivity index is 2.06. The number of nitrogens with one attached hydrogen (secondary N) is 1. The number of hydrogen-bond acceptors (Lipinski definition) is 5. The molecule has 0 aliphatic carbocycles. The van der Waals surface area contributed by atoms with Crippen LogP contribution in [0.25, 0.3) is 0 Å². The summed E-state index contributed by atoms with van der Waals surface area (Å²) in [7, 11) is -3.84. The molecule has 1 aromatic rings. The van der Waals surface area contributed by atoms with Gasteiger partial charge in [0, 0.05) is 6.54 Å². The van der Waals surface area contributed by atoms with Crippen molar-refractivity contribution in [1.82, 2.24) is 9.03 Å². The highest BCUT2D eigenvalue weighted by molar-refractivity contribution is 7.88. The number of rotatable bonds is 6. The summed E-state index contributed by atoms with van der Waals surface area (Å²) in [4.78, 5) is 23.8. The fourth-order valence-corrected chi connectivity index (χ4v) is 4.15. The van der Waals surface area contributed by atoms with E-state index in [2.05, 4.69) is 20.8 Å². The normalized spacial score (nSPS) is 18.4. The van der Waals surface area contributed by atoms with E-state index in [0.717, 1.165) is 10.7 Å². The van der Waals surface area contributed by atoms with Crippen LogP contribution in [0.5, 0.6) is 0 Å². The Morgan fingerprint density at radius 1 is 1.31 bits per heavy atom. The van der Waals surface area contributed by atoms with Gasteiger partial charge in [-0.1, -0.05) is 45.9 Å². The van der Waals surface area contributed by atoms with Gasteiger partial charge >= 0.3 is 16.2 Å². The first-order valence-corrected chi connectivity index (χ1v) is 9.98. The second kappa shape index (κ2) is 7.75. The SMILES string of the molecule is CC(COC(=O)c1ccccc1CN1CC(=O)NS1(=O)=O)CC(C)(C)C. The summed E-state index contributed by atoms with van der Waals surface area (Å²) in [6.45, 7) is 8.40. The predicted molar refractivity (Wildman–Crippen MR) is 97.4 cm³/mol. The molecule has 144 valence electrons. The topological polar surface area (TPSA) is 92.8 Å². The monoisotopic (exact) mass is 382 g/mol. The number of hydrogen-bond donors (Lipinski definition) is 1. The molecule has 0 saturated carbocycles. The number of esters is 1. The van der Waals surface area contributed by atoms with Crippen molar-refractivity contribution in [2.75, 3.05) is 13.2 Å². The smallest absolute Gasteiger partial charge is 0.338 e. The van der Waals surface area contributed by atoms with Crippen LogP contribution in [0, 0.1) is 11.3 Å². The zero-order valence-corrected chi connectivity index (χ0v) is 16.4. The van der Waals surface area contributed by atoms with E-state index in [0.29, 0.717) is 17.7 Å². The van der Waals surface area contributed by atoms with Crippen LogP contribution in [0.2, 0.25) is 0 Å². The van der Waals surface area contributed by atoms with Gasteiger partial charge in [-0.15, -0.1) is 0 Å². The summed E-state index contributed by atoms with van der Waals surface area (Å²) in [6.07, 6.45) is 0.918. The molecule has 1 aliphatic rings. The molecule has 1 saturated heterocycles. The fraction of sp³-hybridized carbons (Fsp3) is 0.556. The Labute approximate surface area is 154 Å². The maximum Gasteiger partial charge on any atom is 0.338 e. The van der Waals surface area contributed by atoms with E-state index in [1.165, 1.54) is 0 Å². The molecule has 1 atom stereocenters. The number of benzene rings is 1. The molecule has 1 N–H and O–H groups in total. The number of carbonyl (C=O) groups excluding carboxylic acids is 2. The van der Waals surface area contributed by atoms with Crippen molar-refractivity contribution in [2.45, 2.75) is 40.7 Å². The molecule has 1 aromatic carbocycles. The predicted octanol–water partition coefficient (Wildman–Crippen LogP) is 2.09. The van der Waals surface area contributed by atoms with E-state index in [1.54, 1.807) is 24.3 Å². The van der Waals surface area contributed by atoms with Gasteiger partial charge in [-0.3, -0.25) is 4.79 Å². The third kappa shape index (κ3) is 5.54. The summed E-state index contributed by atoms with van der Waals surface area (Å²) in [5.41, 5.74) is 0.957. The van der Waals surface area contributed by atoms with Crippen LogP contribution < -0.4 is 4.72 Å². The van der Waals surface area contributed by atoms with Crippen LogP contribution in [0.1, 0.15) is 50.0 Å². The Hall–Kier alpha value is -1.93. The third-order valence-electron chi connectivity index (χ3n) is 3.95. The van der Waals surface area contributed by atoms with Crippen molar-refractivity contribution in [2.24, 2.45) is 11.3 Å². The van der Waals surface area contributed by atoms with E-state index in [9.17, 15) is 18.0 Å². The molecule has 1 heterocycles. The second-order valence-corrected chi connectivity index (χ2v) is 9.59. The van der Waals surface area contributed by atoms with Crippen molar-refractivity contribution in [3.8, 4) is 0 Å². The molecule has 1 unspecified atom stereocenters. The Morgan fingerprint density at radius 2 is 1.96 bits per heavy atom. The van der Waals surface area contributed by atoms with Crippen molar-refractivity contribution >= 4 is 22.1 Å². The number of ether oxygens (including phenoxy) is 1. The molecule has 1 aliphatic heterocycles. The molecule has 2 rings (SSSR count). The standard InChI is InChI=1S/C18H26N2O5S/c1-13(9-18(2,3)4)12-25-17(22)15-8-6-5-7-14(15)10-20-11-16(21)19-26(20,23)24/h5-8,13H,9-12H2,1-4H3,(H,19,21). The minimum absolute atomic E-state index is 0.0656. The zero-order chi connectivity index (χ0) is 19.5. The van der Waals surface area contributed by atoms with E-state index in [4.69, 9.17) is 4.74 Å². The van der Waals surface area contributed by atoms with E-state index in [-0.39, 0.29) is 24.4 Å². The van der Waals surface area contributed by atoms with Crippen LogP contribution in [-0.2, 0) is 26.3 Å². The van der Waals surface area contributed by atoms with Crippen LogP contribution >= 0.6 is 0 Å². The molecule has 0 spiro atoms. The Kier molecular flexibility index (Phi) is 6.08. The molecule has 0 bridgehead atoms. The molecule has 8 heteroatoms. The van der Waals surface area contributed by atoms with Gasteiger partial charge in [0.2, 0.25) is 5.91 Å². The summed E-state index contributed by atoms with van der Waals surface area (Å²) in [5, 5.41) is 0. The van der Waals surface area contributed by atoms with Crippen molar-refractivity contribution < 1.29 is 22.7 Å². The van der Waals surface area contributed by atoms with Crippen LogP contribution in [0.4, 0.5) is 0 Å². The first kappa shape index (κ1) is 20.4. The zero-order valence-electron chi connectivity index (χ0n) is 15.6. The van der Waals surface area contributed by atoms with E-state index >= 15 is 0 Å². The maximum absolute atomic E-state index is 12.5. The molecule has 0 aromatic heterocycles. The largest absolute Gasteiger partial charge is 0.462 e. The van der Waals surface area contributed by atoms with Gasteiger partial charge in [-0.2, -0.15) is 12.7 Å². The lowest BCUT2D eigenvalue weighted by Gasteiger charge is -2.23. The number of nitrogens with zero attached hydrogens (tertiary/aromatic N) is 1. The van der Waals surface area contributed by atoms with Crippen LogP contribution in [0.15, 0.2) is 24.3 Å². The van der Waals surface area contributed by atoms with E-state index in [1.807, 2.05) is 11.6 Å². The third-order valence-corrected chi connectivity index (χ3v) is 5.37. The molecular formula is C18H26N2O5S. The quantitative estimate of drug-likeness (QED) is 0.761. The molecule has 1 fully saturated rings. The highest BCUT2D eigenvalue weighted by Crippen LogP contribution is 2.24. The van der Waals surface area contributed by atoms with Crippen molar-refractivity contribution in [3.05, 3.63) is 35.4 Å². The first-order chi connectivity index (χ1) is 12.0. The van der Waals surface area contributed by atoms with Gasteiger partial charge in [0.15, 0.2) is 0 Å². The number of amides is 1. The van der Waals surface area contributed by atoms with Crippen molar-refractivity contribution in [3.63, 3.8) is 0 Å². The lowest BCUT2D eigenvalue weighted by molar-refractivity contribution is -0.118. The minimum atomic E-state index is -3.84. The fourth-order valence-electron chi connectivity index (χ4n) is 3.07. The highest BCUT2D eigenvalue weighted by Gasteiger charge is 2.34. The van der Waals surface area contributed by atoms with Crippen LogP contribution in [0.3, 0.4) is 0 Å². The lowest BCUT2D eigenvalue weighted by atomic mass is 9.86.